The largest absolute Gasteiger partial charge is 0.549 e. The first-order chi connectivity index (χ1) is 23.2. The van der Waals surface area contributed by atoms with Crippen LogP contribution in [0.15, 0.2) is 43.5 Å². The van der Waals surface area contributed by atoms with Gasteiger partial charge in [0.25, 0.3) is 11.5 Å². The van der Waals surface area contributed by atoms with Crippen LogP contribution in [0.4, 0.5) is 22.4 Å². The number of halogens is 4. The molecule has 0 saturated carbocycles. The molecule has 4 heterocycles. The average Bonchev–Trinajstić information content (AvgIpc) is 3.61. The van der Waals surface area contributed by atoms with Gasteiger partial charge in [0.05, 0.1) is 23.1 Å². The maximum absolute atomic E-state index is 14.7. The molecule has 50 heavy (non-hydrogen) atoms. The zero-order valence-electron chi connectivity index (χ0n) is 27.6. The van der Waals surface area contributed by atoms with E-state index in [4.69, 9.17) is 4.74 Å². The monoisotopic (exact) mass is 738 g/mol. The first-order valence-electron chi connectivity index (χ1n) is 15.2. The maximum atomic E-state index is 14.7. The Kier molecular flexibility index (Phi) is 9.74. The Hall–Kier alpha value is -4.58. The Bertz CT molecular complexity index is 2200. The average molecular weight is 739 g/mol. The Morgan fingerprint density at radius 3 is 2.26 bits per heavy atom. The highest BCUT2D eigenvalue weighted by molar-refractivity contribution is 7.17. The number of carboxylic acids is 1. The third-order valence-electron chi connectivity index (χ3n) is 8.44. The van der Waals surface area contributed by atoms with Gasteiger partial charge in [-0.25, -0.2) is 14.0 Å². The number of aromatic nitrogens is 3. The van der Waals surface area contributed by atoms with Gasteiger partial charge in [-0.2, -0.15) is 18.2 Å². The molecule has 2 amide bonds. The van der Waals surface area contributed by atoms with Crippen LogP contribution in [0.2, 0.25) is 0 Å². The number of carbonyl (C=O) groups is 3. The molecule has 0 N–H and O–H groups in total. The standard InChI is InChI=1S/C32H33F4N5O7S2/c1-30(2,3)48-29(47)40-10-8-31(9-11-40,26(44)45)16-41-21(17-6-7-19(20(33)12-17)32(34,35)36)15-50-27(41)37-22(42)13-18-14-49-25-23(18)24(43)38(4)28(46)39(25)5/h6-7,12,14-15H,8-11,13,16H2,1-5H3,(H,44,45)/p-1. The quantitative estimate of drug-likeness (QED) is 0.276. The second kappa shape index (κ2) is 13.3. The van der Waals surface area contributed by atoms with E-state index in [2.05, 4.69) is 4.99 Å². The summed E-state index contributed by atoms with van der Waals surface area (Å²) < 4.78 is 63.7. The van der Waals surface area contributed by atoms with Gasteiger partial charge in [-0.05, 0) is 56.7 Å². The number of hydrogen-bond donors (Lipinski definition) is 0. The number of thiazole rings is 1. The van der Waals surface area contributed by atoms with Gasteiger partial charge < -0.3 is 24.1 Å². The SMILES string of the molecule is Cn1c(=O)c2c(CC(=O)N=c3scc(-c4ccc(C(F)(F)F)c(F)c4)n3CC3(C(=O)[O-])CCN(C(=O)OC(C)(C)C)CC3)csc2n(C)c1=O. The molecule has 1 saturated heterocycles. The van der Waals surface area contributed by atoms with Gasteiger partial charge in [-0.15, -0.1) is 22.7 Å². The highest BCUT2D eigenvalue weighted by Crippen LogP contribution is 2.37. The molecule has 1 aromatic carbocycles. The first-order valence-corrected chi connectivity index (χ1v) is 17.0. The summed E-state index contributed by atoms with van der Waals surface area (Å²) in [5.41, 5.74) is -4.68. The topological polar surface area (TPSA) is 148 Å². The predicted octanol–water partition coefficient (Wildman–Crippen LogP) is 3.42. The molecule has 0 spiro atoms. The molecule has 1 aliphatic rings. The van der Waals surface area contributed by atoms with Crippen LogP contribution < -0.4 is 21.2 Å². The number of ether oxygens (including phenoxy) is 1. The molecule has 0 radical (unpaired) electrons. The van der Waals surface area contributed by atoms with Crippen molar-refractivity contribution in [2.24, 2.45) is 24.5 Å². The van der Waals surface area contributed by atoms with E-state index in [-0.39, 0.29) is 60.3 Å². The highest BCUT2D eigenvalue weighted by atomic mass is 32.1. The summed E-state index contributed by atoms with van der Waals surface area (Å²) in [6, 6.07) is 2.27. The van der Waals surface area contributed by atoms with Crippen LogP contribution in [0.1, 0.15) is 44.7 Å². The van der Waals surface area contributed by atoms with Crippen molar-refractivity contribution >= 4 is 50.9 Å². The normalized spacial score (nSPS) is 15.5. The van der Waals surface area contributed by atoms with Crippen molar-refractivity contribution in [2.45, 2.75) is 58.4 Å². The fourth-order valence-electron chi connectivity index (χ4n) is 5.74. The molecule has 1 aliphatic heterocycles. The van der Waals surface area contributed by atoms with Gasteiger partial charge in [0, 0.05) is 56.1 Å². The zero-order chi connectivity index (χ0) is 36.9. The van der Waals surface area contributed by atoms with Crippen molar-refractivity contribution in [2.75, 3.05) is 13.1 Å². The lowest BCUT2D eigenvalue weighted by molar-refractivity contribution is -0.322. The summed E-state index contributed by atoms with van der Waals surface area (Å²) in [4.78, 5) is 70.0. The van der Waals surface area contributed by atoms with Gasteiger partial charge in [0.2, 0.25) is 0 Å². The molecule has 4 aromatic rings. The van der Waals surface area contributed by atoms with Crippen molar-refractivity contribution in [3.05, 3.63) is 71.5 Å². The molecular formula is C32H32F4N5O7S2-. The molecule has 3 aromatic heterocycles. The smallest absolute Gasteiger partial charge is 0.419 e. The number of piperidine rings is 1. The Morgan fingerprint density at radius 1 is 1.02 bits per heavy atom. The van der Waals surface area contributed by atoms with Gasteiger partial charge in [0.15, 0.2) is 4.80 Å². The number of aryl methyl sites for hydroxylation is 1. The molecule has 18 heteroatoms. The summed E-state index contributed by atoms with van der Waals surface area (Å²) in [7, 11) is 2.80. The van der Waals surface area contributed by atoms with Crippen LogP contribution in [0.3, 0.4) is 0 Å². The number of benzene rings is 1. The number of nitrogens with zero attached hydrogens (tertiary/aromatic N) is 5. The zero-order valence-corrected chi connectivity index (χ0v) is 29.2. The van der Waals surface area contributed by atoms with E-state index >= 15 is 0 Å². The van der Waals surface area contributed by atoms with E-state index < -0.39 is 57.8 Å². The second-order valence-corrected chi connectivity index (χ2v) is 14.7. The van der Waals surface area contributed by atoms with E-state index in [0.717, 1.165) is 33.3 Å². The number of alkyl halides is 3. The van der Waals surface area contributed by atoms with Gasteiger partial charge in [-0.1, -0.05) is 6.07 Å². The van der Waals surface area contributed by atoms with E-state index in [1.807, 2.05) is 0 Å². The Labute approximate surface area is 289 Å². The summed E-state index contributed by atoms with van der Waals surface area (Å²) in [6.07, 6.45) is -6.17. The number of carbonyl (C=O) groups excluding carboxylic acids is 3. The van der Waals surface area contributed by atoms with E-state index in [1.165, 1.54) is 33.5 Å². The summed E-state index contributed by atoms with van der Waals surface area (Å²) in [5.74, 6) is -3.76. The lowest BCUT2D eigenvalue weighted by atomic mass is 9.78. The number of carboxylic acid groups (broad SMARTS) is 1. The van der Waals surface area contributed by atoms with Crippen molar-refractivity contribution in [1.29, 1.82) is 0 Å². The molecule has 5 rings (SSSR count). The molecular weight excluding hydrogens is 707 g/mol. The molecule has 268 valence electrons. The lowest BCUT2D eigenvalue weighted by Gasteiger charge is -2.43. The number of thiophene rings is 1. The fourth-order valence-corrected chi connectivity index (χ4v) is 7.70. The maximum Gasteiger partial charge on any atom is 0.419 e. The summed E-state index contributed by atoms with van der Waals surface area (Å²) in [5, 5.41) is 15.9. The number of rotatable bonds is 6. The van der Waals surface area contributed by atoms with Crippen molar-refractivity contribution in [3.63, 3.8) is 0 Å². The van der Waals surface area contributed by atoms with E-state index in [9.17, 15) is 46.6 Å². The fraction of sp³-hybridized carbons (Fsp3) is 0.438. The number of likely N-dealkylation sites (tertiary alicyclic amines) is 1. The number of aliphatic carboxylic acids is 1. The number of amides is 2. The third-order valence-corrected chi connectivity index (χ3v) is 10.4. The molecule has 0 atom stereocenters. The van der Waals surface area contributed by atoms with Crippen LogP contribution in [0, 0.1) is 11.2 Å². The molecule has 1 fully saturated rings. The minimum atomic E-state index is -4.96. The van der Waals surface area contributed by atoms with Crippen LogP contribution in [0.25, 0.3) is 21.5 Å². The van der Waals surface area contributed by atoms with Crippen LogP contribution in [-0.4, -0.2) is 55.3 Å². The summed E-state index contributed by atoms with van der Waals surface area (Å²) >= 11 is 1.97. The predicted molar refractivity (Wildman–Crippen MR) is 174 cm³/mol. The van der Waals surface area contributed by atoms with Crippen molar-refractivity contribution < 1.29 is 41.8 Å². The minimum Gasteiger partial charge on any atom is -0.549 e. The van der Waals surface area contributed by atoms with Gasteiger partial charge in [-0.3, -0.25) is 18.7 Å². The second-order valence-electron chi connectivity index (χ2n) is 13.0. The van der Waals surface area contributed by atoms with Crippen molar-refractivity contribution in [1.82, 2.24) is 18.6 Å². The molecule has 0 bridgehead atoms. The van der Waals surface area contributed by atoms with Crippen LogP contribution in [0.5, 0.6) is 0 Å². The van der Waals surface area contributed by atoms with Gasteiger partial charge >= 0.3 is 18.0 Å². The van der Waals surface area contributed by atoms with E-state index in [0.29, 0.717) is 22.5 Å². The minimum absolute atomic E-state index is 0.0219. The van der Waals surface area contributed by atoms with Gasteiger partial charge in [0.1, 0.15) is 16.2 Å². The van der Waals surface area contributed by atoms with Crippen molar-refractivity contribution in [3.8, 4) is 11.3 Å². The van der Waals surface area contributed by atoms with E-state index in [1.54, 1.807) is 26.2 Å². The Morgan fingerprint density at radius 2 is 1.68 bits per heavy atom. The van der Waals surface area contributed by atoms with Crippen LogP contribution in [-0.2, 0) is 47.6 Å². The first kappa shape index (κ1) is 36.7. The molecule has 0 unspecified atom stereocenters. The van der Waals surface area contributed by atoms with Crippen LogP contribution >= 0.6 is 22.7 Å². The summed E-state index contributed by atoms with van der Waals surface area (Å²) in [6.45, 7) is 4.64. The Balaban J connectivity index is 1.56. The number of fused-ring (bicyclic) bond motifs is 1. The molecule has 12 nitrogen and oxygen atoms in total. The third kappa shape index (κ3) is 7.17. The number of hydrogen-bond acceptors (Lipinski definition) is 9. The lowest BCUT2D eigenvalue weighted by Crippen LogP contribution is -2.54. The molecule has 0 aliphatic carbocycles. The highest BCUT2D eigenvalue weighted by Gasteiger charge is 2.40.